The molecule has 0 radical (unpaired) electrons. The minimum atomic E-state index is 0.497. The van der Waals surface area contributed by atoms with E-state index < -0.39 is 0 Å². The molecule has 1 aliphatic rings. The molecule has 1 aromatic carbocycles. The van der Waals surface area contributed by atoms with Gasteiger partial charge in [0.25, 0.3) is 0 Å². The predicted octanol–water partition coefficient (Wildman–Crippen LogP) is 1.37. The van der Waals surface area contributed by atoms with E-state index in [9.17, 15) is 0 Å². The largest absolute Gasteiger partial charge is 0.381 e. The van der Waals surface area contributed by atoms with Crippen LogP contribution in [-0.2, 0) is 6.54 Å². The zero-order chi connectivity index (χ0) is 9.26. The topological polar surface area (TPSA) is 50.1 Å². The van der Waals surface area contributed by atoms with Crippen LogP contribution in [0.1, 0.15) is 12.5 Å². The van der Waals surface area contributed by atoms with E-state index in [1.807, 2.05) is 0 Å². The molecule has 4 N–H and O–H groups in total. The molecule has 0 amide bonds. The molecule has 0 spiro atoms. The van der Waals surface area contributed by atoms with Gasteiger partial charge in [0, 0.05) is 19.1 Å². The van der Waals surface area contributed by atoms with Gasteiger partial charge in [-0.3, -0.25) is 0 Å². The van der Waals surface area contributed by atoms with Crippen molar-refractivity contribution in [3.05, 3.63) is 23.8 Å². The van der Waals surface area contributed by atoms with E-state index in [-0.39, 0.29) is 0 Å². The first-order chi connectivity index (χ1) is 6.29. The van der Waals surface area contributed by atoms with Crippen LogP contribution in [-0.4, -0.2) is 12.6 Å². The van der Waals surface area contributed by atoms with Crippen molar-refractivity contribution in [2.45, 2.75) is 19.5 Å². The fraction of sp³-hybridized carbons (Fsp3) is 0.400. The van der Waals surface area contributed by atoms with Crippen LogP contribution < -0.4 is 16.4 Å². The predicted molar refractivity (Wildman–Crippen MR) is 55.9 cm³/mol. The molecule has 3 nitrogen and oxygen atoms in total. The smallest absolute Gasteiger partial charge is 0.0580 e. The first kappa shape index (κ1) is 8.38. The Labute approximate surface area is 78.3 Å². The average Bonchev–Trinajstić information content (AvgIpc) is 2.17. The first-order valence-electron chi connectivity index (χ1n) is 4.63. The minimum Gasteiger partial charge on any atom is -0.381 e. The number of hydrogen-bond acceptors (Lipinski definition) is 3. The van der Waals surface area contributed by atoms with Crippen molar-refractivity contribution in [2.75, 3.05) is 17.2 Å². The second-order valence-electron chi connectivity index (χ2n) is 3.51. The molecule has 70 valence electrons. The lowest BCUT2D eigenvalue weighted by atomic mass is 10.1. The highest BCUT2D eigenvalue weighted by atomic mass is 15.1. The minimum absolute atomic E-state index is 0.497. The highest BCUT2D eigenvalue weighted by molar-refractivity contribution is 5.72. The molecule has 1 atom stereocenters. The van der Waals surface area contributed by atoms with Crippen LogP contribution in [0.2, 0.25) is 0 Å². The van der Waals surface area contributed by atoms with E-state index in [0.717, 1.165) is 6.54 Å². The van der Waals surface area contributed by atoms with Crippen LogP contribution in [0, 0.1) is 0 Å². The fourth-order valence-corrected chi connectivity index (χ4v) is 1.57. The molecule has 1 aromatic rings. The average molecular weight is 177 g/mol. The van der Waals surface area contributed by atoms with Crippen molar-refractivity contribution in [1.29, 1.82) is 0 Å². The van der Waals surface area contributed by atoms with Crippen molar-refractivity contribution in [3.63, 3.8) is 0 Å². The summed E-state index contributed by atoms with van der Waals surface area (Å²) in [6, 6.07) is 6.75. The van der Waals surface area contributed by atoms with Gasteiger partial charge >= 0.3 is 0 Å². The van der Waals surface area contributed by atoms with Gasteiger partial charge in [-0.05, 0) is 24.6 Å². The van der Waals surface area contributed by atoms with E-state index in [1.54, 1.807) is 0 Å². The van der Waals surface area contributed by atoms with E-state index >= 15 is 0 Å². The summed E-state index contributed by atoms with van der Waals surface area (Å²) in [7, 11) is 0. The maximum absolute atomic E-state index is 5.56. The molecule has 0 saturated carbocycles. The van der Waals surface area contributed by atoms with E-state index in [2.05, 4.69) is 35.8 Å². The third-order valence-electron chi connectivity index (χ3n) is 2.32. The monoisotopic (exact) mass is 177 g/mol. The van der Waals surface area contributed by atoms with Crippen LogP contribution >= 0.6 is 0 Å². The SMILES string of the molecule is CC1CNc2cc(CN)ccc2N1. The number of anilines is 2. The van der Waals surface area contributed by atoms with Crippen molar-refractivity contribution in [3.8, 4) is 0 Å². The van der Waals surface area contributed by atoms with Crippen molar-refractivity contribution in [1.82, 2.24) is 0 Å². The summed E-state index contributed by atoms with van der Waals surface area (Å²) in [6.45, 7) is 3.73. The highest BCUT2D eigenvalue weighted by Gasteiger charge is 2.12. The van der Waals surface area contributed by atoms with Crippen molar-refractivity contribution < 1.29 is 0 Å². The molecular formula is C10H15N3. The van der Waals surface area contributed by atoms with Gasteiger partial charge in [-0.25, -0.2) is 0 Å². The lowest BCUT2D eigenvalue weighted by Crippen LogP contribution is -2.30. The Morgan fingerprint density at radius 3 is 3.08 bits per heavy atom. The number of hydrogen-bond donors (Lipinski definition) is 3. The summed E-state index contributed by atoms with van der Waals surface area (Å²) in [4.78, 5) is 0. The van der Waals surface area contributed by atoms with Gasteiger partial charge in [-0.1, -0.05) is 6.07 Å². The standard InChI is InChI=1S/C10H15N3/c1-7-6-12-10-4-8(5-11)2-3-9(10)13-7/h2-4,7,12-13H,5-6,11H2,1H3. The molecule has 0 fully saturated rings. The molecule has 13 heavy (non-hydrogen) atoms. The molecule has 1 heterocycles. The number of nitrogens with two attached hydrogens (primary N) is 1. The molecule has 0 saturated heterocycles. The quantitative estimate of drug-likeness (QED) is 0.607. The number of benzene rings is 1. The highest BCUT2D eigenvalue weighted by Crippen LogP contribution is 2.26. The molecular weight excluding hydrogens is 162 g/mol. The van der Waals surface area contributed by atoms with Gasteiger partial charge in [0.1, 0.15) is 0 Å². The molecule has 0 aromatic heterocycles. The summed E-state index contributed by atoms with van der Waals surface area (Å²) in [5.41, 5.74) is 9.08. The molecule has 2 rings (SSSR count). The van der Waals surface area contributed by atoms with Gasteiger partial charge in [0.15, 0.2) is 0 Å². The van der Waals surface area contributed by atoms with Gasteiger partial charge in [0.05, 0.1) is 11.4 Å². The van der Waals surface area contributed by atoms with Gasteiger partial charge in [0.2, 0.25) is 0 Å². The maximum atomic E-state index is 5.56. The summed E-state index contributed by atoms with van der Waals surface area (Å²) >= 11 is 0. The van der Waals surface area contributed by atoms with Gasteiger partial charge < -0.3 is 16.4 Å². The molecule has 3 heteroatoms. The maximum Gasteiger partial charge on any atom is 0.0580 e. The second kappa shape index (κ2) is 3.26. The number of fused-ring (bicyclic) bond motifs is 1. The third-order valence-corrected chi connectivity index (χ3v) is 2.32. The molecule has 0 aliphatic carbocycles. The lowest BCUT2D eigenvalue weighted by Gasteiger charge is -2.26. The fourth-order valence-electron chi connectivity index (χ4n) is 1.57. The zero-order valence-electron chi connectivity index (χ0n) is 7.80. The van der Waals surface area contributed by atoms with Crippen LogP contribution in [0.4, 0.5) is 11.4 Å². The molecule has 1 aliphatic heterocycles. The van der Waals surface area contributed by atoms with Crippen LogP contribution in [0.5, 0.6) is 0 Å². The Kier molecular flexibility index (Phi) is 2.10. The van der Waals surface area contributed by atoms with Crippen LogP contribution in [0.3, 0.4) is 0 Å². The van der Waals surface area contributed by atoms with Gasteiger partial charge in [-0.15, -0.1) is 0 Å². The lowest BCUT2D eigenvalue weighted by molar-refractivity contribution is 0.817. The molecule has 0 bridgehead atoms. The van der Waals surface area contributed by atoms with Crippen molar-refractivity contribution >= 4 is 11.4 Å². The second-order valence-corrected chi connectivity index (χ2v) is 3.51. The summed E-state index contributed by atoms with van der Waals surface area (Å²) in [5.74, 6) is 0. The summed E-state index contributed by atoms with van der Waals surface area (Å²) in [6.07, 6.45) is 0. The van der Waals surface area contributed by atoms with E-state index in [1.165, 1.54) is 16.9 Å². The van der Waals surface area contributed by atoms with E-state index in [0.29, 0.717) is 12.6 Å². The van der Waals surface area contributed by atoms with Crippen LogP contribution in [0.15, 0.2) is 18.2 Å². The Balaban J connectivity index is 2.31. The number of nitrogens with one attached hydrogen (secondary N) is 2. The Morgan fingerprint density at radius 1 is 1.46 bits per heavy atom. The molecule has 1 unspecified atom stereocenters. The van der Waals surface area contributed by atoms with Crippen LogP contribution in [0.25, 0.3) is 0 Å². The number of rotatable bonds is 1. The normalized spacial score (nSPS) is 20.0. The summed E-state index contributed by atoms with van der Waals surface area (Å²) < 4.78 is 0. The third kappa shape index (κ3) is 1.60. The van der Waals surface area contributed by atoms with Gasteiger partial charge in [-0.2, -0.15) is 0 Å². The van der Waals surface area contributed by atoms with E-state index in [4.69, 9.17) is 5.73 Å². The first-order valence-corrected chi connectivity index (χ1v) is 4.63. The zero-order valence-corrected chi connectivity index (χ0v) is 7.80. The Hall–Kier alpha value is -1.22. The Bertz CT molecular complexity index is 309. The van der Waals surface area contributed by atoms with Crippen molar-refractivity contribution in [2.24, 2.45) is 5.73 Å². The Morgan fingerprint density at radius 2 is 2.31 bits per heavy atom. The summed E-state index contributed by atoms with van der Waals surface area (Å²) in [5, 5.41) is 6.78.